The van der Waals surface area contributed by atoms with Crippen LogP contribution < -0.4 is 27.4 Å². The number of nitrogens with zero attached hydrogens (tertiary/aromatic N) is 3. The smallest absolute Gasteiger partial charge is 0.362 e. The lowest BCUT2D eigenvalue weighted by Gasteiger charge is -2.13. The van der Waals surface area contributed by atoms with Gasteiger partial charge in [-0.25, -0.2) is 33.4 Å². The van der Waals surface area contributed by atoms with Crippen molar-refractivity contribution in [2.45, 2.75) is 13.5 Å². The summed E-state index contributed by atoms with van der Waals surface area (Å²) in [4.78, 5) is 45.2. The van der Waals surface area contributed by atoms with Gasteiger partial charge in [0.2, 0.25) is 5.69 Å². The standard InChI is InChI=1S/C12H10FN3O4.C4H7N3O2/c1-2-15-12(20)16(8-5-3-7(13)4-6-8)10(17)9(14-15)11(18)19;8-4(9)3-1-5-2-6-7-3/h3-6H,2H2,1H3,(H,18,19);1,5-7H,2H2,(H,8,9). The Labute approximate surface area is 161 Å². The van der Waals surface area contributed by atoms with Gasteiger partial charge in [-0.2, -0.15) is 5.10 Å². The molecule has 1 aromatic heterocycles. The Morgan fingerprint density at radius 2 is 1.83 bits per heavy atom. The van der Waals surface area contributed by atoms with E-state index in [1.54, 1.807) is 6.92 Å². The fourth-order valence-corrected chi connectivity index (χ4v) is 2.17. The Morgan fingerprint density at radius 3 is 2.28 bits per heavy atom. The minimum absolute atomic E-state index is 0.0773. The van der Waals surface area contributed by atoms with Gasteiger partial charge in [0.05, 0.1) is 12.4 Å². The number of carboxylic acid groups (broad SMARTS) is 2. The molecule has 0 fully saturated rings. The second kappa shape index (κ2) is 9.27. The highest BCUT2D eigenvalue weighted by molar-refractivity contribution is 5.85. The van der Waals surface area contributed by atoms with Crippen LogP contribution in [0.4, 0.5) is 4.39 Å². The van der Waals surface area contributed by atoms with Gasteiger partial charge in [-0.15, -0.1) is 0 Å². The van der Waals surface area contributed by atoms with E-state index in [1.807, 2.05) is 0 Å². The fourth-order valence-electron chi connectivity index (χ4n) is 2.17. The molecule has 0 unspecified atom stereocenters. The molecule has 1 aliphatic heterocycles. The number of rotatable bonds is 4. The molecule has 0 saturated heterocycles. The summed E-state index contributed by atoms with van der Waals surface area (Å²) in [5.74, 6) is -3.05. The summed E-state index contributed by atoms with van der Waals surface area (Å²) in [6.45, 7) is 2.22. The van der Waals surface area contributed by atoms with E-state index in [2.05, 4.69) is 21.3 Å². The van der Waals surface area contributed by atoms with Gasteiger partial charge >= 0.3 is 17.6 Å². The molecule has 0 aliphatic carbocycles. The highest BCUT2D eigenvalue weighted by Gasteiger charge is 2.19. The number of benzene rings is 1. The second-order valence-corrected chi connectivity index (χ2v) is 5.41. The third kappa shape index (κ3) is 5.04. The number of halogens is 1. The van der Waals surface area contributed by atoms with E-state index < -0.39 is 34.7 Å². The predicted molar refractivity (Wildman–Crippen MR) is 96.7 cm³/mol. The van der Waals surface area contributed by atoms with Crippen molar-refractivity contribution >= 4 is 11.9 Å². The number of carbonyl (C=O) groups is 2. The molecule has 0 radical (unpaired) electrons. The number of carboxylic acids is 2. The average molecular weight is 408 g/mol. The second-order valence-electron chi connectivity index (χ2n) is 5.41. The molecule has 13 heteroatoms. The maximum absolute atomic E-state index is 12.9. The molecule has 0 bridgehead atoms. The van der Waals surface area contributed by atoms with E-state index in [4.69, 9.17) is 10.2 Å². The van der Waals surface area contributed by atoms with E-state index in [0.29, 0.717) is 11.2 Å². The molecule has 12 nitrogen and oxygen atoms in total. The number of hydrogen-bond acceptors (Lipinski definition) is 8. The van der Waals surface area contributed by atoms with E-state index in [0.717, 1.165) is 16.8 Å². The number of aryl methyl sites for hydroxylation is 1. The van der Waals surface area contributed by atoms with Gasteiger partial charge in [0.1, 0.15) is 5.82 Å². The van der Waals surface area contributed by atoms with Crippen molar-refractivity contribution in [3.05, 3.63) is 68.5 Å². The van der Waals surface area contributed by atoms with E-state index in [1.165, 1.54) is 18.3 Å². The first-order chi connectivity index (χ1) is 13.8. The minimum Gasteiger partial charge on any atom is -0.476 e. The fraction of sp³-hybridized carbons (Fsp3) is 0.188. The number of hydrazine groups is 1. The molecule has 29 heavy (non-hydrogen) atoms. The monoisotopic (exact) mass is 408 g/mol. The summed E-state index contributed by atoms with van der Waals surface area (Å²) in [7, 11) is 0. The Morgan fingerprint density at radius 1 is 1.17 bits per heavy atom. The molecular weight excluding hydrogens is 391 g/mol. The van der Waals surface area contributed by atoms with E-state index in [-0.39, 0.29) is 17.9 Å². The number of aliphatic carboxylic acids is 1. The number of aromatic nitrogens is 3. The van der Waals surface area contributed by atoms with E-state index >= 15 is 0 Å². The number of aromatic carboxylic acids is 1. The first kappa shape index (κ1) is 21.3. The van der Waals surface area contributed by atoms with Gasteiger partial charge < -0.3 is 21.0 Å². The molecular formula is C16H17FN6O6. The Hall–Kier alpha value is -4.00. The predicted octanol–water partition coefficient (Wildman–Crippen LogP) is -1.18. The number of hydrogen-bond donors (Lipinski definition) is 5. The molecule has 1 aromatic carbocycles. The van der Waals surface area contributed by atoms with Gasteiger partial charge in [0.25, 0.3) is 5.56 Å². The van der Waals surface area contributed by atoms with Crippen LogP contribution >= 0.6 is 0 Å². The highest BCUT2D eigenvalue weighted by Crippen LogP contribution is 2.04. The maximum atomic E-state index is 12.9. The first-order valence-electron chi connectivity index (χ1n) is 8.15. The lowest BCUT2D eigenvalue weighted by molar-refractivity contribution is -0.133. The quantitative estimate of drug-likeness (QED) is 0.415. The molecule has 5 N–H and O–H groups in total. The zero-order valence-electron chi connectivity index (χ0n) is 15.0. The van der Waals surface area contributed by atoms with Crippen LogP contribution in [0.2, 0.25) is 0 Å². The van der Waals surface area contributed by atoms with Crippen LogP contribution in [-0.2, 0) is 11.3 Å². The maximum Gasteiger partial charge on any atom is 0.362 e. The zero-order chi connectivity index (χ0) is 21.6. The molecule has 0 atom stereocenters. The van der Waals surface area contributed by atoms with Gasteiger partial charge in [-0.1, -0.05) is 0 Å². The third-order valence-electron chi connectivity index (χ3n) is 3.52. The molecule has 3 rings (SSSR count). The van der Waals surface area contributed by atoms with Crippen molar-refractivity contribution < 1.29 is 24.2 Å². The first-order valence-corrected chi connectivity index (χ1v) is 8.15. The van der Waals surface area contributed by atoms with Crippen LogP contribution in [0.15, 0.2) is 45.8 Å². The summed E-state index contributed by atoms with van der Waals surface area (Å²) in [6.07, 6.45) is 1.40. The van der Waals surface area contributed by atoms with Crippen LogP contribution in [0.3, 0.4) is 0 Å². The highest BCUT2D eigenvalue weighted by atomic mass is 19.1. The summed E-state index contributed by atoms with van der Waals surface area (Å²) >= 11 is 0. The van der Waals surface area contributed by atoms with Crippen molar-refractivity contribution in [2.24, 2.45) is 0 Å². The van der Waals surface area contributed by atoms with Gasteiger partial charge in [0, 0.05) is 12.7 Å². The summed E-state index contributed by atoms with van der Waals surface area (Å²) in [5, 5.41) is 23.5. The Kier molecular flexibility index (Phi) is 6.81. The third-order valence-corrected chi connectivity index (χ3v) is 3.52. The SMILES string of the molecule is CCn1nc(C(=O)O)c(=O)n(-c2ccc(F)cc2)c1=O.O=C(O)C1=CNCNN1. The zero-order valence-corrected chi connectivity index (χ0v) is 15.0. The minimum atomic E-state index is -1.53. The topological polar surface area (TPSA) is 168 Å². The van der Waals surface area contributed by atoms with Gasteiger partial charge in [0.15, 0.2) is 5.70 Å². The lowest BCUT2D eigenvalue weighted by Crippen LogP contribution is -2.44. The van der Waals surface area contributed by atoms with Crippen molar-refractivity contribution in [2.75, 3.05) is 6.67 Å². The molecule has 0 spiro atoms. The Bertz CT molecular complexity index is 1060. The molecule has 2 heterocycles. The average Bonchev–Trinajstić information content (AvgIpc) is 2.70. The van der Waals surface area contributed by atoms with Crippen LogP contribution in [0.1, 0.15) is 17.4 Å². The molecule has 2 aromatic rings. The lowest BCUT2D eigenvalue weighted by atomic mass is 10.3. The van der Waals surface area contributed by atoms with Crippen molar-refractivity contribution in [3.63, 3.8) is 0 Å². The van der Waals surface area contributed by atoms with E-state index in [9.17, 15) is 23.6 Å². The van der Waals surface area contributed by atoms with Crippen LogP contribution in [0, 0.1) is 5.82 Å². The van der Waals surface area contributed by atoms with Crippen molar-refractivity contribution in [1.29, 1.82) is 0 Å². The molecule has 154 valence electrons. The normalized spacial score (nSPS) is 12.6. The summed E-state index contributed by atoms with van der Waals surface area (Å²) < 4.78 is 14.4. The van der Waals surface area contributed by atoms with Crippen LogP contribution in [-0.4, -0.2) is 43.2 Å². The van der Waals surface area contributed by atoms with Crippen LogP contribution in [0.5, 0.6) is 0 Å². The molecule has 0 saturated carbocycles. The molecule has 0 amide bonds. The van der Waals surface area contributed by atoms with Crippen LogP contribution in [0.25, 0.3) is 5.69 Å². The number of nitrogens with one attached hydrogen (secondary N) is 3. The molecule has 1 aliphatic rings. The van der Waals surface area contributed by atoms with Crippen molar-refractivity contribution in [1.82, 2.24) is 30.5 Å². The largest absolute Gasteiger partial charge is 0.476 e. The summed E-state index contributed by atoms with van der Waals surface area (Å²) in [5.41, 5.74) is 2.67. The van der Waals surface area contributed by atoms with Gasteiger partial charge in [-0.3, -0.25) is 4.79 Å². The Balaban J connectivity index is 0.000000278. The summed E-state index contributed by atoms with van der Waals surface area (Å²) in [6, 6.07) is 4.56. The van der Waals surface area contributed by atoms with Gasteiger partial charge in [-0.05, 0) is 31.2 Å². The van der Waals surface area contributed by atoms with Crippen molar-refractivity contribution in [3.8, 4) is 5.69 Å².